The van der Waals surface area contributed by atoms with Gasteiger partial charge >= 0.3 is 0 Å². The monoisotopic (exact) mass is 207 g/mol. The van der Waals surface area contributed by atoms with E-state index >= 15 is 0 Å². The lowest BCUT2D eigenvalue weighted by Gasteiger charge is -2.19. The molecule has 0 amide bonds. The summed E-state index contributed by atoms with van der Waals surface area (Å²) in [5.74, 6) is -0.0445. The van der Waals surface area contributed by atoms with Gasteiger partial charge in [-0.1, -0.05) is 0 Å². The van der Waals surface area contributed by atoms with Crippen molar-refractivity contribution in [2.45, 2.75) is 32.1 Å². The third-order valence-corrected chi connectivity index (χ3v) is 3.66. The van der Waals surface area contributed by atoms with E-state index in [9.17, 15) is 10.2 Å². The van der Waals surface area contributed by atoms with Crippen LogP contribution in [0.3, 0.4) is 0 Å². The molecule has 1 fully saturated rings. The van der Waals surface area contributed by atoms with Gasteiger partial charge in [0.2, 0.25) is 0 Å². The van der Waals surface area contributed by atoms with Crippen LogP contribution in [-0.4, -0.2) is 16.8 Å². The first-order chi connectivity index (χ1) is 7.02. The molecule has 0 aliphatic heterocycles. The van der Waals surface area contributed by atoms with Gasteiger partial charge in [-0.15, -0.1) is 0 Å². The molecular weight excluding hydrogens is 190 g/mol. The van der Waals surface area contributed by atoms with Crippen molar-refractivity contribution in [3.8, 4) is 11.5 Å². The molecule has 0 radical (unpaired) electrons. The molecule has 0 bridgehead atoms. The Morgan fingerprint density at radius 2 is 1.87 bits per heavy atom. The van der Waals surface area contributed by atoms with Crippen LogP contribution in [-0.2, 0) is 5.41 Å². The molecule has 3 nitrogen and oxygen atoms in total. The molecule has 82 valence electrons. The average Bonchev–Trinajstić information content (AvgIpc) is 3.01. The zero-order valence-corrected chi connectivity index (χ0v) is 9.17. The van der Waals surface area contributed by atoms with Gasteiger partial charge < -0.3 is 15.9 Å². The maximum Gasteiger partial charge on any atom is 0.160 e. The van der Waals surface area contributed by atoms with Crippen LogP contribution in [0, 0.1) is 13.8 Å². The number of phenolic OH excluding ortho intramolecular Hbond substituents is 2. The molecule has 4 N–H and O–H groups in total. The minimum absolute atomic E-state index is 0.0101. The van der Waals surface area contributed by atoms with Crippen LogP contribution in [0.15, 0.2) is 6.07 Å². The normalized spacial score (nSPS) is 17.8. The maximum absolute atomic E-state index is 9.60. The predicted molar refractivity (Wildman–Crippen MR) is 59.2 cm³/mol. The summed E-state index contributed by atoms with van der Waals surface area (Å²) in [7, 11) is 0. The van der Waals surface area contributed by atoms with E-state index in [1.165, 1.54) is 0 Å². The molecular formula is C12H17NO2. The van der Waals surface area contributed by atoms with Crippen molar-refractivity contribution >= 4 is 0 Å². The van der Waals surface area contributed by atoms with Gasteiger partial charge in [-0.3, -0.25) is 0 Å². The van der Waals surface area contributed by atoms with Crippen LogP contribution >= 0.6 is 0 Å². The summed E-state index contributed by atoms with van der Waals surface area (Å²) in [6, 6.07) is 1.66. The molecule has 2 rings (SSSR count). The fraction of sp³-hybridized carbons (Fsp3) is 0.500. The van der Waals surface area contributed by atoms with E-state index < -0.39 is 0 Å². The third kappa shape index (κ3) is 1.38. The SMILES string of the molecule is Cc1c(C2(CN)CC2)cc(O)c(O)c1C. The summed E-state index contributed by atoms with van der Waals surface area (Å²) < 4.78 is 0. The summed E-state index contributed by atoms with van der Waals surface area (Å²) in [5, 5.41) is 19.2. The summed E-state index contributed by atoms with van der Waals surface area (Å²) in [4.78, 5) is 0. The first kappa shape index (κ1) is 10.3. The Balaban J connectivity index is 2.58. The summed E-state index contributed by atoms with van der Waals surface area (Å²) in [5.41, 5.74) is 8.72. The zero-order chi connectivity index (χ0) is 11.2. The second-order valence-electron chi connectivity index (χ2n) is 4.53. The lowest BCUT2D eigenvalue weighted by Crippen LogP contribution is -2.21. The van der Waals surface area contributed by atoms with E-state index in [4.69, 9.17) is 5.73 Å². The van der Waals surface area contributed by atoms with Crippen molar-refractivity contribution < 1.29 is 10.2 Å². The number of hydrogen-bond acceptors (Lipinski definition) is 3. The van der Waals surface area contributed by atoms with Gasteiger partial charge in [0.1, 0.15) is 0 Å². The zero-order valence-electron chi connectivity index (χ0n) is 9.17. The first-order valence-corrected chi connectivity index (χ1v) is 5.24. The lowest BCUT2D eigenvalue weighted by atomic mass is 9.89. The topological polar surface area (TPSA) is 66.5 Å². The van der Waals surface area contributed by atoms with Gasteiger partial charge in [0.15, 0.2) is 11.5 Å². The molecule has 1 aromatic rings. The van der Waals surface area contributed by atoms with Crippen LogP contribution in [0.25, 0.3) is 0 Å². The fourth-order valence-electron chi connectivity index (χ4n) is 2.17. The average molecular weight is 207 g/mol. The molecule has 3 heteroatoms. The second-order valence-corrected chi connectivity index (χ2v) is 4.53. The van der Waals surface area contributed by atoms with Crippen LogP contribution in [0.1, 0.15) is 29.5 Å². The van der Waals surface area contributed by atoms with E-state index in [0.29, 0.717) is 6.54 Å². The van der Waals surface area contributed by atoms with Gasteiger partial charge in [-0.25, -0.2) is 0 Å². The lowest BCUT2D eigenvalue weighted by molar-refractivity contribution is 0.399. The molecule has 0 unspecified atom stereocenters. The number of rotatable bonds is 2. The Morgan fingerprint density at radius 1 is 1.27 bits per heavy atom. The van der Waals surface area contributed by atoms with Gasteiger partial charge in [0.25, 0.3) is 0 Å². The van der Waals surface area contributed by atoms with Gasteiger partial charge in [-0.2, -0.15) is 0 Å². The molecule has 1 aromatic carbocycles. The fourth-order valence-corrected chi connectivity index (χ4v) is 2.17. The van der Waals surface area contributed by atoms with Gasteiger partial charge in [0.05, 0.1) is 0 Å². The molecule has 15 heavy (non-hydrogen) atoms. The Bertz CT molecular complexity index is 409. The quantitative estimate of drug-likeness (QED) is 0.647. The highest BCUT2D eigenvalue weighted by molar-refractivity contribution is 5.55. The number of phenols is 2. The Kier molecular flexibility index (Phi) is 2.15. The van der Waals surface area contributed by atoms with Crippen LogP contribution < -0.4 is 5.73 Å². The first-order valence-electron chi connectivity index (χ1n) is 5.24. The van der Waals surface area contributed by atoms with Gasteiger partial charge in [0, 0.05) is 12.0 Å². The Labute approximate surface area is 89.5 Å². The molecule has 1 saturated carbocycles. The van der Waals surface area contributed by atoms with Crippen molar-refractivity contribution in [2.75, 3.05) is 6.54 Å². The summed E-state index contributed by atoms with van der Waals surface area (Å²) in [6.45, 7) is 4.40. The van der Waals surface area contributed by atoms with E-state index in [-0.39, 0.29) is 16.9 Å². The number of benzene rings is 1. The molecule has 0 heterocycles. The van der Waals surface area contributed by atoms with E-state index in [0.717, 1.165) is 29.5 Å². The smallest absolute Gasteiger partial charge is 0.160 e. The van der Waals surface area contributed by atoms with Gasteiger partial charge in [-0.05, 0) is 49.4 Å². The largest absolute Gasteiger partial charge is 0.504 e. The standard InChI is InChI=1S/C12H17NO2/c1-7-8(2)11(15)10(14)5-9(7)12(6-13)3-4-12/h5,14-15H,3-4,6,13H2,1-2H3. The van der Waals surface area contributed by atoms with Crippen molar-refractivity contribution in [3.63, 3.8) is 0 Å². The molecule has 0 spiro atoms. The second kappa shape index (κ2) is 3.14. The van der Waals surface area contributed by atoms with Crippen LogP contribution in [0.4, 0.5) is 0 Å². The Hall–Kier alpha value is -1.22. The summed E-state index contributed by atoms with van der Waals surface area (Å²) in [6.07, 6.45) is 2.15. The van der Waals surface area contributed by atoms with E-state index in [1.807, 2.05) is 13.8 Å². The van der Waals surface area contributed by atoms with Crippen molar-refractivity contribution in [1.29, 1.82) is 0 Å². The summed E-state index contributed by atoms with van der Waals surface area (Å²) >= 11 is 0. The molecule has 0 atom stereocenters. The molecule has 1 aliphatic carbocycles. The molecule has 0 aromatic heterocycles. The highest BCUT2D eigenvalue weighted by atomic mass is 16.3. The highest BCUT2D eigenvalue weighted by Crippen LogP contribution is 2.51. The highest BCUT2D eigenvalue weighted by Gasteiger charge is 2.44. The number of nitrogens with two attached hydrogens (primary N) is 1. The van der Waals surface area contributed by atoms with Crippen molar-refractivity contribution in [1.82, 2.24) is 0 Å². The number of hydrogen-bond donors (Lipinski definition) is 3. The Morgan fingerprint density at radius 3 is 2.33 bits per heavy atom. The van der Waals surface area contributed by atoms with Crippen molar-refractivity contribution in [3.05, 3.63) is 22.8 Å². The van der Waals surface area contributed by atoms with E-state index in [2.05, 4.69) is 0 Å². The van der Waals surface area contributed by atoms with Crippen LogP contribution in [0.2, 0.25) is 0 Å². The molecule has 1 aliphatic rings. The number of aromatic hydroxyl groups is 2. The van der Waals surface area contributed by atoms with E-state index in [1.54, 1.807) is 6.07 Å². The van der Waals surface area contributed by atoms with Crippen molar-refractivity contribution in [2.24, 2.45) is 5.73 Å². The predicted octanol–water partition coefficient (Wildman–Crippen LogP) is 1.70. The minimum Gasteiger partial charge on any atom is -0.504 e. The maximum atomic E-state index is 9.60. The third-order valence-electron chi connectivity index (χ3n) is 3.66. The minimum atomic E-state index is -0.0344. The van der Waals surface area contributed by atoms with Crippen LogP contribution in [0.5, 0.6) is 11.5 Å². The molecule has 0 saturated heterocycles.